The van der Waals surface area contributed by atoms with Crippen LogP contribution in [-0.4, -0.2) is 36.3 Å². The van der Waals surface area contributed by atoms with E-state index in [-0.39, 0.29) is 24.3 Å². The number of nitrogens with one attached hydrogen (secondary N) is 3. The molecule has 106 valence electrons. The van der Waals surface area contributed by atoms with E-state index in [0.717, 1.165) is 25.8 Å². The van der Waals surface area contributed by atoms with E-state index < -0.39 is 11.9 Å². The fourth-order valence-electron chi connectivity index (χ4n) is 2.59. The van der Waals surface area contributed by atoms with E-state index in [9.17, 15) is 14.4 Å². The van der Waals surface area contributed by atoms with E-state index in [1.165, 1.54) is 0 Å². The summed E-state index contributed by atoms with van der Waals surface area (Å²) in [7, 11) is 0. The first kappa shape index (κ1) is 14.0. The van der Waals surface area contributed by atoms with Gasteiger partial charge in [-0.3, -0.25) is 19.7 Å². The van der Waals surface area contributed by atoms with Crippen molar-refractivity contribution in [3.8, 4) is 0 Å². The predicted octanol–water partition coefficient (Wildman–Crippen LogP) is -0.314. The Morgan fingerprint density at radius 3 is 2.68 bits per heavy atom. The van der Waals surface area contributed by atoms with Gasteiger partial charge in [0, 0.05) is 6.42 Å². The van der Waals surface area contributed by atoms with Gasteiger partial charge in [-0.05, 0) is 31.7 Å². The van der Waals surface area contributed by atoms with Crippen LogP contribution in [0.1, 0.15) is 39.0 Å². The molecule has 0 saturated carbocycles. The van der Waals surface area contributed by atoms with E-state index in [1.54, 1.807) is 0 Å². The lowest BCUT2D eigenvalue weighted by atomic mass is 9.92. The van der Waals surface area contributed by atoms with Crippen LogP contribution in [0.3, 0.4) is 0 Å². The lowest BCUT2D eigenvalue weighted by Crippen LogP contribution is -2.57. The number of imide groups is 1. The molecule has 19 heavy (non-hydrogen) atoms. The second-order valence-corrected chi connectivity index (χ2v) is 5.32. The first-order valence-corrected chi connectivity index (χ1v) is 6.97. The molecular weight excluding hydrogens is 246 g/mol. The molecule has 0 aromatic heterocycles. The number of carbonyl (C=O) groups excluding carboxylic acids is 3. The first-order chi connectivity index (χ1) is 9.10. The number of hydrogen-bond donors (Lipinski definition) is 3. The smallest absolute Gasteiger partial charge is 0.249 e. The van der Waals surface area contributed by atoms with E-state index in [0.29, 0.717) is 12.3 Å². The van der Waals surface area contributed by atoms with Crippen LogP contribution in [0.15, 0.2) is 0 Å². The molecule has 3 unspecified atom stereocenters. The standard InChI is InChI=1S/C13H21N3O3/c1-2-8-3-4-9(14-7-8)12(18)15-10-5-6-11(17)16-13(10)19/h8-10,14H,2-7H2,1H3,(H,15,18)(H,16,17,19). The second kappa shape index (κ2) is 6.14. The van der Waals surface area contributed by atoms with Crippen molar-refractivity contribution in [2.45, 2.75) is 51.1 Å². The monoisotopic (exact) mass is 267 g/mol. The predicted molar refractivity (Wildman–Crippen MR) is 69.1 cm³/mol. The third-order valence-electron chi connectivity index (χ3n) is 3.97. The zero-order chi connectivity index (χ0) is 13.8. The number of piperidine rings is 2. The molecule has 0 aromatic rings. The SMILES string of the molecule is CCC1CCC(C(=O)NC2CCC(=O)NC2=O)NC1. The summed E-state index contributed by atoms with van der Waals surface area (Å²) >= 11 is 0. The molecule has 3 atom stereocenters. The van der Waals surface area contributed by atoms with E-state index in [2.05, 4.69) is 22.9 Å². The molecule has 2 fully saturated rings. The maximum atomic E-state index is 12.0. The average Bonchev–Trinajstić information content (AvgIpc) is 2.42. The van der Waals surface area contributed by atoms with Gasteiger partial charge in [0.05, 0.1) is 6.04 Å². The van der Waals surface area contributed by atoms with Gasteiger partial charge in [0.15, 0.2) is 0 Å². The third-order valence-corrected chi connectivity index (χ3v) is 3.97. The number of rotatable bonds is 3. The fraction of sp³-hybridized carbons (Fsp3) is 0.769. The van der Waals surface area contributed by atoms with Crippen LogP contribution in [0.4, 0.5) is 0 Å². The van der Waals surface area contributed by atoms with Crippen LogP contribution in [-0.2, 0) is 14.4 Å². The minimum absolute atomic E-state index is 0.135. The molecule has 0 bridgehead atoms. The summed E-state index contributed by atoms with van der Waals surface area (Å²) in [6.45, 7) is 3.00. The van der Waals surface area contributed by atoms with Gasteiger partial charge >= 0.3 is 0 Å². The summed E-state index contributed by atoms with van der Waals surface area (Å²) in [4.78, 5) is 34.6. The fourth-order valence-corrected chi connectivity index (χ4v) is 2.59. The Balaban J connectivity index is 1.81. The third kappa shape index (κ3) is 3.53. The van der Waals surface area contributed by atoms with Crippen LogP contribution >= 0.6 is 0 Å². The quantitative estimate of drug-likeness (QED) is 0.612. The summed E-state index contributed by atoms with van der Waals surface area (Å²) in [5.74, 6) is -0.160. The Hall–Kier alpha value is -1.43. The Kier molecular flexibility index (Phi) is 4.52. The van der Waals surface area contributed by atoms with Crippen LogP contribution < -0.4 is 16.0 Å². The highest BCUT2D eigenvalue weighted by Gasteiger charge is 2.31. The van der Waals surface area contributed by atoms with Crippen molar-refractivity contribution < 1.29 is 14.4 Å². The normalized spacial score (nSPS) is 31.7. The highest BCUT2D eigenvalue weighted by molar-refractivity contribution is 6.02. The minimum Gasteiger partial charge on any atom is -0.343 e. The van der Waals surface area contributed by atoms with Gasteiger partial charge in [0.25, 0.3) is 0 Å². The number of carbonyl (C=O) groups is 3. The lowest BCUT2D eigenvalue weighted by molar-refractivity contribution is -0.137. The van der Waals surface area contributed by atoms with Crippen molar-refractivity contribution in [3.63, 3.8) is 0 Å². The van der Waals surface area contributed by atoms with Gasteiger partial charge in [0.1, 0.15) is 6.04 Å². The molecule has 0 aliphatic carbocycles. The van der Waals surface area contributed by atoms with E-state index in [4.69, 9.17) is 0 Å². The van der Waals surface area contributed by atoms with Crippen molar-refractivity contribution in [1.29, 1.82) is 0 Å². The molecule has 2 rings (SSSR count). The zero-order valence-electron chi connectivity index (χ0n) is 11.2. The molecule has 3 N–H and O–H groups in total. The summed E-state index contributed by atoms with van der Waals surface area (Å²) in [6.07, 6.45) is 3.64. The van der Waals surface area contributed by atoms with Gasteiger partial charge in [-0.15, -0.1) is 0 Å². The molecule has 0 radical (unpaired) electrons. The number of amides is 3. The van der Waals surface area contributed by atoms with Crippen LogP contribution in [0.25, 0.3) is 0 Å². The molecule has 2 aliphatic rings. The maximum Gasteiger partial charge on any atom is 0.249 e. The molecule has 2 aliphatic heterocycles. The maximum absolute atomic E-state index is 12.0. The molecule has 0 aromatic carbocycles. The number of hydrogen-bond acceptors (Lipinski definition) is 4. The van der Waals surface area contributed by atoms with Gasteiger partial charge < -0.3 is 10.6 Å². The summed E-state index contributed by atoms with van der Waals surface area (Å²) in [5.41, 5.74) is 0. The topological polar surface area (TPSA) is 87.3 Å². The van der Waals surface area contributed by atoms with Crippen LogP contribution in [0.2, 0.25) is 0 Å². The highest BCUT2D eigenvalue weighted by atomic mass is 16.2. The van der Waals surface area contributed by atoms with E-state index >= 15 is 0 Å². The highest BCUT2D eigenvalue weighted by Crippen LogP contribution is 2.17. The largest absolute Gasteiger partial charge is 0.343 e. The van der Waals surface area contributed by atoms with E-state index in [1.807, 2.05) is 0 Å². The van der Waals surface area contributed by atoms with Crippen LogP contribution in [0, 0.1) is 5.92 Å². The molecule has 6 heteroatoms. The lowest BCUT2D eigenvalue weighted by Gasteiger charge is -2.30. The Morgan fingerprint density at radius 1 is 1.32 bits per heavy atom. The van der Waals surface area contributed by atoms with Gasteiger partial charge in [-0.25, -0.2) is 0 Å². The zero-order valence-corrected chi connectivity index (χ0v) is 11.2. The van der Waals surface area contributed by atoms with Crippen molar-refractivity contribution in [2.75, 3.05) is 6.54 Å². The van der Waals surface area contributed by atoms with Crippen molar-refractivity contribution >= 4 is 17.7 Å². The Bertz CT molecular complexity index is 375. The summed E-state index contributed by atoms with van der Waals surface area (Å²) in [6, 6.07) is -0.788. The summed E-state index contributed by atoms with van der Waals surface area (Å²) < 4.78 is 0. The van der Waals surface area contributed by atoms with Crippen molar-refractivity contribution in [1.82, 2.24) is 16.0 Å². The average molecular weight is 267 g/mol. The Morgan fingerprint density at radius 2 is 2.11 bits per heavy atom. The van der Waals surface area contributed by atoms with Gasteiger partial charge in [-0.1, -0.05) is 13.3 Å². The second-order valence-electron chi connectivity index (χ2n) is 5.32. The van der Waals surface area contributed by atoms with Gasteiger partial charge in [0.2, 0.25) is 17.7 Å². The first-order valence-electron chi connectivity index (χ1n) is 6.97. The summed E-state index contributed by atoms with van der Waals surface area (Å²) in [5, 5.41) is 8.19. The van der Waals surface area contributed by atoms with Crippen molar-refractivity contribution in [3.05, 3.63) is 0 Å². The molecule has 0 spiro atoms. The van der Waals surface area contributed by atoms with Crippen molar-refractivity contribution in [2.24, 2.45) is 5.92 Å². The minimum atomic E-state index is -0.573. The molecular formula is C13H21N3O3. The Labute approximate surface area is 112 Å². The molecule has 6 nitrogen and oxygen atoms in total. The van der Waals surface area contributed by atoms with Gasteiger partial charge in [-0.2, -0.15) is 0 Å². The molecule has 3 amide bonds. The molecule has 2 saturated heterocycles. The molecule has 2 heterocycles. The van der Waals surface area contributed by atoms with Crippen LogP contribution in [0.5, 0.6) is 0 Å².